The van der Waals surface area contributed by atoms with Gasteiger partial charge in [-0.25, -0.2) is 0 Å². The van der Waals surface area contributed by atoms with Crippen LogP contribution in [0.25, 0.3) is 16.2 Å². The molecule has 0 radical (unpaired) electrons. The summed E-state index contributed by atoms with van der Waals surface area (Å²) >= 11 is 5.54. The molecule has 0 bridgehead atoms. The van der Waals surface area contributed by atoms with Crippen molar-refractivity contribution in [3.05, 3.63) is 39.2 Å². The van der Waals surface area contributed by atoms with Gasteiger partial charge >= 0.3 is 0 Å². The second-order valence-corrected chi connectivity index (χ2v) is 5.46. The molecule has 0 fully saturated rings. The molecule has 2 aromatic rings. The van der Waals surface area contributed by atoms with Crippen LogP contribution in [0.1, 0.15) is 16.9 Å². The van der Waals surface area contributed by atoms with E-state index >= 15 is 0 Å². The number of fused-ring (bicyclic) bond motifs is 3. The predicted molar refractivity (Wildman–Crippen MR) is 66.9 cm³/mol. The van der Waals surface area contributed by atoms with E-state index in [2.05, 4.69) is 46.3 Å². The summed E-state index contributed by atoms with van der Waals surface area (Å²) in [5, 5.41) is 1.40. The molecule has 14 heavy (non-hydrogen) atoms. The third-order valence-electron chi connectivity index (χ3n) is 2.61. The Morgan fingerprint density at radius 1 is 1.29 bits per heavy atom. The second-order valence-electron chi connectivity index (χ2n) is 3.50. The molecule has 0 spiro atoms. The monoisotopic (exact) mass is 264 g/mol. The van der Waals surface area contributed by atoms with Gasteiger partial charge in [0.05, 0.1) is 0 Å². The number of halogens is 1. The summed E-state index contributed by atoms with van der Waals surface area (Å²) in [6.45, 7) is 0. The first kappa shape index (κ1) is 8.69. The molecule has 2 heteroatoms. The van der Waals surface area contributed by atoms with Crippen molar-refractivity contribution in [1.82, 2.24) is 0 Å². The van der Waals surface area contributed by atoms with E-state index in [-0.39, 0.29) is 0 Å². The lowest BCUT2D eigenvalue weighted by atomic mass is 10.0. The molecule has 1 aliphatic carbocycles. The Balaban J connectivity index is 2.43. The molecule has 0 saturated carbocycles. The van der Waals surface area contributed by atoms with Gasteiger partial charge in [-0.2, -0.15) is 0 Å². The molecule has 1 aromatic carbocycles. The van der Waals surface area contributed by atoms with Crippen molar-refractivity contribution >= 4 is 43.4 Å². The molecule has 0 saturated heterocycles. The van der Waals surface area contributed by atoms with Gasteiger partial charge in [0.2, 0.25) is 0 Å². The largest absolute Gasteiger partial charge is 0.138 e. The van der Waals surface area contributed by atoms with E-state index < -0.39 is 0 Å². The van der Waals surface area contributed by atoms with E-state index in [1.54, 1.807) is 0 Å². The predicted octanol–water partition coefficient (Wildman–Crippen LogP) is 4.62. The van der Waals surface area contributed by atoms with Crippen LogP contribution < -0.4 is 0 Å². The number of aryl methyl sites for hydroxylation is 1. The topological polar surface area (TPSA) is 0 Å². The maximum atomic E-state index is 3.61. The molecule has 0 atom stereocenters. The fourth-order valence-electron chi connectivity index (χ4n) is 1.94. The summed E-state index contributed by atoms with van der Waals surface area (Å²) in [6, 6.07) is 6.45. The van der Waals surface area contributed by atoms with Crippen LogP contribution in [0, 0.1) is 0 Å². The van der Waals surface area contributed by atoms with Crippen molar-refractivity contribution in [3.8, 4) is 0 Å². The highest BCUT2D eigenvalue weighted by Crippen LogP contribution is 2.38. The quantitative estimate of drug-likeness (QED) is 0.651. The minimum atomic E-state index is 1.19. The minimum Gasteiger partial charge on any atom is -0.138 e. The Labute approximate surface area is 95.4 Å². The maximum Gasteiger partial charge on any atom is 0.0494 e. The van der Waals surface area contributed by atoms with Crippen LogP contribution in [0.3, 0.4) is 0 Å². The molecular formula is C12H9BrS. The van der Waals surface area contributed by atoms with Crippen LogP contribution in [0.5, 0.6) is 0 Å². The SMILES string of the molecule is Brc1cccc2c3c(sc12)CCC=C3. The summed E-state index contributed by atoms with van der Waals surface area (Å²) in [5.74, 6) is 0. The van der Waals surface area contributed by atoms with E-state index in [4.69, 9.17) is 0 Å². The first-order valence-electron chi connectivity index (χ1n) is 4.73. The highest BCUT2D eigenvalue weighted by Gasteiger charge is 2.13. The molecule has 1 aromatic heterocycles. The van der Waals surface area contributed by atoms with Crippen molar-refractivity contribution in [1.29, 1.82) is 0 Å². The molecule has 1 aliphatic rings. The van der Waals surface area contributed by atoms with Crippen molar-refractivity contribution in [2.24, 2.45) is 0 Å². The summed E-state index contributed by atoms with van der Waals surface area (Å²) < 4.78 is 2.62. The van der Waals surface area contributed by atoms with Gasteiger partial charge in [-0.1, -0.05) is 24.3 Å². The Morgan fingerprint density at radius 3 is 3.14 bits per heavy atom. The fourth-order valence-corrected chi connectivity index (χ4v) is 3.75. The van der Waals surface area contributed by atoms with Gasteiger partial charge in [0.15, 0.2) is 0 Å². The molecule has 0 nitrogen and oxygen atoms in total. The zero-order valence-corrected chi connectivity index (χ0v) is 9.99. The number of benzene rings is 1. The first-order chi connectivity index (χ1) is 6.86. The molecule has 0 aliphatic heterocycles. The third kappa shape index (κ3) is 1.17. The molecule has 70 valence electrons. The lowest BCUT2D eigenvalue weighted by molar-refractivity contribution is 1.02. The molecule has 1 heterocycles. The number of allylic oxidation sites excluding steroid dienone is 1. The minimum absolute atomic E-state index is 1.19. The summed E-state index contributed by atoms with van der Waals surface area (Å²) in [4.78, 5) is 1.54. The Hall–Kier alpha value is -0.600. The van der Waals surface area contributed by atoms with Crippen LogP contribution in [-0.2, 0) is 6.42 Å². The Kier molecular flexibility index (Phi) is 1.99. The Bertz CT molecular complexity index is 522. The fraction of sp³-hybridized carbons (Fsp3) is 0.167. The summed E-state index contributed by atoms with van der Waals surface area (Å²) in [7, 11) is 0. The lowest BCUT2D eigenvalue weighted by Crippen LogP contribution is -1.86. The van der Waals surface area contributed by atoms with Crippen LogP contribution in [0.2, 0.25) is 0 Å². The smallest absolute Gasteiger partial charge is 0.0494 e. The zero-order valence-electron chi connectivity index (χ0n) is 7.59. The van der Waals surface area contributed by atoms with E-state index in [9.17, 15) is 0 Å². The van der Waals surface area contributed by atoms with Gasteiger partial charge in [0.25, 0.3) is 0 Å². The molecule has 0 unspecified atom stereocenters. The number of hydrogen-bond donors (Lipinski definition) is 0. The van der Waals surface area contributed by atoms with Gasteiger partial charge in [0, 0.05) is 19.4 Å². The van der Waals surface area contributed by atoms with Gasteiger partial charge in [-0.3, -0.25) is 0 Å². The Morgan fingerprint density at radius 2 is 2.21 bits per heavy atom. The molecule has 0 N–H and O–H groups in total. The van der Waals surface area contributed by atoms with E-state index in [1.165, 1.54) is 37.8 Å². The van der Waals surface area contributed by atoms with Gasteiger partial charge in [-0.15, -0.1) is 11.3 Å². The van der Waals surface area contributed by atoms with E-state index in [0.29, 0.717) is 0 Å². The lowest BCUT2D eigenvalue weighted by Gasteiger charge is -2.02. The zero-order chi connectivity index (χ0) is 9.54. The number of rotatable bonds is 0. The summed E-state index contributed by atoms with van der Waals surface area (Å²) in [5.41, 5.74) is 1.44. The molecule has 0 amide bonds. The number of thiophene rings is 1. The van der Waals surface area contributed by atoms with Crippen LogP contribution >= 0.6 is 27.3 Å². The molecular weight excluding hydrogens is 256 g/mol. The van der Waals surface area contributed by atoms with Crippen LogP contribution in [0.4, 0.5) is 0 Å². The highest BCUT2D eigenvalue weighted by atomic mass is 79.9. The van der Waals surface area contributed by atoms with Crippen molar-refractivity contribution < 1.29 is 0 Å². The van der Waals surface area contributed by atoms with Crippen molar-refractivity contribution in [3.63, 3.8) is 0 Å². The van der Waals surface area contributed by atoms with Gasteiger partial charge in [-0.05, 0) is 40.4 Å². The van der Waals surface area contributed by atoms with Crippen LogP contribution in [0.15, 0.2) is 28.7 Å². The normalized spacial score (nSPS) is 14.6. The second kappa shape index (κ2) is 3.21. The van der Waals surface area contributed by atoms with Gasteiger partial charge < -0.3 is 0 Å². The number of hydrogen-bond acceptors (Lipinski definition) is 1. The average molecular weight is 265 g/mol. The van der Waals surface area contributed by atoms with E-state index in [0.717, 1.165) is 0 Å². The summed E-state index contributed by atoms with van der Waals surface area (Å²) in [6.07, 6.45) is 6.94. The van der Waals surface area contributed by atoms with E-state index in [1.807, 2.05) is 11.3 Å². The van der Waals surface area contributed by atoms with Gasteiger partial charge in [0.1, 0.15) is 0 Å². The third-order valence-corrected chi connectivity index (χ3v) is 4.84. The first-order valence-corrected chi connectivity index (χ1v) is 6.33. The molecule has 3 rings (SSSR count). The maximum absolute atomic E-state index is 3.61. The van der Waals surface area contributed by atoms with Crippen molar-refractivity contribution in [2.75, 3.05) is 0 Å². The highest BCUT2D eigenvalue weighted by molar-refractivity contribution is 9.10. The van der Waals surface area contributed by atoms with Crippen LogP contribution in [-0.4, -0.2) is 0 Å². The standard InChI is InChI=1S/C12H9BrS/c13-10-6-3-5-9-8-4-1-2-7-11(8)14-12(9)10/h1,3-6H,2,7H2. The van der Waals surface area contributed by atoms with Crippen molar-refractivity contribution in [2.45, 2.75) is 12.8 Å². The average Bonchev–Trinajstić information content (AvgIpc) is 2.59.